The maximum atomic E-state index is 11.9. The van der Waals surface area contributed by atoms with Crippen molar-refractivity contribution in [2.24, 2.45) is 5.73 Å². The molecule has 0 fully saturated rings. The topological polar surface area (TPSA) is 76.4 Å². The fourth-order valence-electron chi connectivity index (χ4n) is 1.77. The van der Waals surface area contributed by atoms with Crippen molar-refractivity contribution in [3.63, 3.8) is 0 Å². The highest BCUT2D eigenvalue weighted by Crippen LogP contribution is 2.15. The van der Waals surface area contributed by atoms with E-state index in [9.17, 15) is 4.79 Å². The Morgan fingerprint density at radius 3 is 2.74 bits per heavy atom. The largest absolute Gasteiger partial charge is 0.382 e. The van der Waals surface area contributed by atoms with Crippen molar-refractivity contribution in [1.82, 2.24) is 5.32 Å². The summed E-state index contributed by atoms with van der Waals surface area (Å²) in [5.74, 6) is 0. The van der Waals surface area contributed by atoms with Crippen LogP contribution >= 0.6 is 0 Å². The minimum Gasteiger partial charge on any atom is -0.382 e. The lowest BCUT2D eigenvalue weighted by Gasteiger charge is -2.25. The second-order valence-corrected chi connectivity index (χ2v) is 5.31. The highest BCUT2D eigenvalue weighted by molar-refractivity contribution is 5.89. The number of benzene rings is 1. The Bertz CT molecular complexity index is 430. The molecule has 0 aliphatic heterocycles. The number of hydrogen-bond donors (Lipinski definition) is 3. The molecular weight excluding hydrogens is 242 g/mol. The van der Waals surface area contributed by atoms with E-state index in [1.54, 1.807) is 7.11 Å². The molecule has 5 heteroatoms. The van der Waals surface area contributed by atoms with Gasteiger partial charge in [0.05, 0.1) is 12.1 Å². The molecule has 0 aliphatic rings. The number of nitrogens with one attached hydrogen (secondary N) is 2. The first-order valence-electron chi connectivity index (χ1n) is 6.28. The first-order valence-corrected chi connectivity index (χ1v) is 6.28. The maximum Gasteiger partial charge on any atom is 0.319 e. The molecule has 0 saturated heterocycles. The van der Waals surface area contributed by atoms with E-state index in [1.807, 2.05) is 45.0 Å². The maximum absolute atomic E-state index is 11.9. The quantitative estimate of drug-likeness (QED) is 0.764. The van der Waals surface area contributed by atoms with Gasteiger partial charge in [-0.1, -0.05) is 12.1 Å². The zero-order valence-electron chi connectivity index (χ0n) is 12.0. The van der Waals surface area contributed by atoms with Gasteiger partial charge < -0.3 is 21.1 Å². The van der Waals surface area contributed by atoms with E-state index >= 15 is 0 Å². The lowest BCUT2D eigenvalue weighted by atomic mass is 10.1. The van der Waals surface area contributed by atoms with Gasteiger partial charge >= 0.3 is 6.03 Å². The molecule has 0 bridgehead atoms. The van der Waals surface area contributed by atoms with Crippen LogP contribution in [0.15, 0.2) is 24.3 Å². The summed E-state index contributed by atoms with van der Waals surface area (Å²) in [6.07, 6.45) is 0. The molecule has 4 N–H and O–H groups in total. The highest BCUT2D eigenvalue weighted by atomic mass is 16.5. The highest BCUT2D eigenvalue weighted by Gasteiger charge is 2.20. The number of carbonyl (C=O) groups is 1. The molecular formula is C14H23N3O2. The fraction of sp³-hybridized carbons (Fsp3) is 0.500. The molecule has 2 amide bonds. The van der Waals surface area contributed by atoms with Crippen LogP contribution in [0, 0.1) is 0 Å². The molecule has 0 saturated carbocycles. The van der Waals surface area contributed by atoms with Crippen LogP contribution in [0.4, 0.5) is 10.5 Å². The average Bonchev–Trinajstić information content (AvgIpc) is 2.27. The minimum atomic E-state index is -0.419. The monoisotopic (exact) mass is 265 g/mol. The van der Waals surface area contributed by atoms with E-state index in [2.05, 4.69) is 10.6 Å². The van der Waals surface area contributed by atoms with Gasteiger partial charge in [-0.05, 0) is 38.5 Å². The van der Waals surface area contributed by atoms with E-state index in [4.69, 9.17) is 10.5 Å². The molecule has 0 spiro atoms. The Kier molecular flexibility index (Phi) is 5.32. The van der Waals surface area contributed by atoms with Gasteiger partial charge in [-0.2, -0.15) is 0 Å². The molecule has 0 radical (unpaired) electrons. The zero-order chi connectivity index (χ0) is 14.5. The second-order valence-electron chi connectivity index (χ2n) is 5.31. The molecule has 1 aromatic carbocycles. The van der Waals surface area contributed by atoms with Gasteiger partial charge in [0.1, 0.15) is 0 Å². The van der Waals surface area contributed by atoms with E-state index < -0.39 is 5.54 Å². The van der Waals surface area contributed by atoms with Crippen molar-refractivity contribution in [2.45, 2.75) is 32.4 Å². The Hall–Kier alpha value is -1.59. The third kappa shape index (κ3) is 5.28. The minimum absolute atomic E-state index is 0.0604. The molecule has 1 unspecified atom stereocenters. The van der Waals surface area contributed by atoms with Gasteiger partial charge in [0.25, 0.3) is 0 Å². The van der Waals surface area contributed by atoms with Crippen molar-refractivity contribution in [1.29, 1.82) is 0 Å². The lowest BCUT2D eigenvalue weighted by Crippen LogP contribution is -2.48. The predicted octanol–water partition coefficient (Wildman–Crippen LogP) is 2.25. The number of anilines is 1. The summed E-state index contributed by atoms with van der Waals surface area (Å²) >= 11 is 0. The van der Waals surface area contributed by atoms with E-state index in [0.29, 0.717) is 6.61 Å². The number of amides is 2. The van der Waals surface area contributed by atoms with Crippen LogP contribution in [0.2, 0.25) is 0 Å². The normalized spacial score (nSPS) is 12.9. The zero-order valence-corrected chi connectivity index (χ0v) is 12.0. The summed E-state index contributed by atoms with van der Waals surface area (Å²) in [5, 5.41) is 5.64. The molecule has 0 heterocycles. The van der Waals surface area contributed by atoms with Gasteiger partial charge in [-0.3, -0.25) is 0 Å². The summed E-state index contributed by atoms with van der Waals surface area (Å²) in [5.41, 5.74) is 7.09. The van der Waals surface area contributed by atoms with Crippen LogP contribution in [0.1, 0.15) is 32.4 Å². The Labute approximate surface area is 114 Å². The average molecular weight is 265 g/mol. The number of nitrogens with two attached hydrogens (primary N) is 1. The molecule has 1 aromatic rings. The lowest BCUT2D eigenvalue weighted by molar-refractivity contribution is 0.133. The first kappa shape index (κ1) is 15.5. The van der Waals surface area contributed by atoms with Crippen molar-refractivity contribution >= 4 is 11.7 Å². The third-order valence-electron chi connectivity index (χ3n) is 2.63. The van der Waals surface area contributed by atoms with E-state index in [-0.39, 0.29) is 12.1 Å². The van der Waals surface area contributed by atoms with Crippen molar-refractivity contribution in [3.8, 4) is 0 Å². The summed E-state index contributed by atoms with van der Waals surface area (Å²) in [6, 6.07) is 7.18. The van der Waals surface area contributed by atoms with Crippen molar-refractivity contribution < 1.29 is 9.53 Å². The van der Waals surface area contributed by atoms with Crippen LogP contribution in [-0.2, 0) is 4.74 Å². The summed E-state index contributed by atoms with van der Waals surface area (Å²) in [7, 11) is 1.60. The van der Waals surface area contributed by atoms with Gasteiger partial charge in [-0.15, -0.1) is 0 Å². The smallest absolute Gasteiger partial charge is 0.319 e. The van der Waals surface area contributed by atoms with Crippen molar-refractivity contribution in [2.75, 3.05) is 19.0 Å². The summed E-state index contributed by atoms with van der Waals surface area (Å²) in [4.78, 5) is 11.9. The Morgan fingerprint density at radius 2 is 2.16 bits per heavy atom. The van der Waals surface area contributed by atoms with Gasteiger partial charge in [0.2, 0.25) is 0 Å². The Morgan fingerprint density at radius 1 is 1.47 bits per heavy atom. The number of hydrogen-bond acceptors (Lipinski definition) is 3. The molecule has 106 valence electrons. The first-order chi connectivity index (χ1) is 8.84. The third-order valence-corrected chi connectivity index (χ3v) is 2.63. The molecule has 0 aromatic heterocycles. The van der Waals surface area contributed by atoms with Gasteiger partial charge in [0.15, 0.2) is 0 Å². The summed E-state index contributed by atoms with van der Waals surface area (Å²) in [6.45, 7) is 6.14. The molecule has 1 rings (SSSR count). The Balaban J connectivity index is 2.64. The second kappa shape index (κ2) is 6.54. The standard InChI is InChI=1S/C14H23N3O2/c1-10(15)11-6-5-7-12(8-11)16-13(18)17-14(2,3)9-19-4/h5-8,10H,9,15H2,1-4H3,(H2,16,17,18). The van der Waals surface area contributed by atoms with Crippen LogP contribution in [0.3, 0.4) is 0 Å². The number of ether oxygens (including phenoxy) is 1. The number of urea groups is 1. The predicted molar refractivity (Wildman–Crippen MR) is 77.2 cm³/mol. The van der Waals surface area contributed by atoms with Gasteiger partial charge in [0, 0.05) is 18.8 Å². The molecule has 1 atom stereocenters. The molecule has 19 heavy (non-hydrogen) atoms. The van der Waals surface area contributed by atoms with Crippen LogP contribution in [-0.4, -0.2) is 25.3 Å². The van der Waals surface area contributed by atoms with E-state index in [0.717, 1.165) is 11.3 Å². The van der Waals surface area contributed by atoms with Crippen LogP contribution < -0.4 is 16.4 Å². The number of carbonyl (C=O) groups excluding carboxylic acids is 1. The molecule has 5 nitrogen and oxygen atoms in total. The van der Waals surface area contributed by atoms with E-state index in [1.165, 1.54) is 0 Å². The number of methoxy groups -OCH3 is 1. The fourth-order valence-corrected chi connectivity index (χ4v) is 1.77. The van der Waals surface area contributed by atoms with Crippen molar-refractivity contribution in [3.05, 3.63) is 29.8 Å². The molecule has 0 aliphatic carbocycles. The summed E-state index contributed by atoms with van der Waals surface area (Å²) < 4.78 is 5.05. The van der Waals surface area contributed by atoms with Crippen LogP contribution in [0.5, 0.6) is 0 Å². The number of rotatable bonds is 5. The SMILES string of the molecule is COCC(C)(C)NC(=O)Nc1cccc(C(C)N)c1. The van der Waals surface area contributed by atoms with Gasteiger partial charge in [-0.25, -0.2) is 4.79 Å². The van der Waals surface area contributed by atoms with Crippen LogP contribution in [0.25, 0.3) is 0 Å².